The van der Waals surface area contributed by atoms with E-state index < -0.39 is 0 Å². The normalized spacial score (nSPS) is 12.9. The van der Waals surface area contributed by atoms with Crippen molar-refractivity contribution in [3.8, 4) is 0 Å². The van der Waals surface area contributed by atoms with E-state index in [1.165, 1.54) is 0 Å². The zero-order chi connectivity index (χ0) is 13.1. The molecule has 0 aliphatic rings. The van der Waals surface area contributed by atoms with Crippen LogP contribution < -0.4 is 5.32 Å². The maximum absolute atomic E-state index is 9.47. The van der Waals surface area contributed by atoms with Crippen LogP contribution in [0.2, 0.25) is 0 Å². The number of hydrogen-bond acceptors (Lipinski definition) is 4. The van der Waals surface area contributed by atoms with Gasteiger partial charge in [-0.05, 0) is 5.56 Å². The van der Waals surface area contributed by atoms with Gasteiger partial charge in [-0.25, -0.2) is 4.98 Å². The highest BCUT2D eigenvalue weighted by Crippen LogP contribution is 2.14. The number of nitrogens with zero attached hydrogens (tertiary/aromatic N) is 2. The number of benzene rings is 1. The molecular weight excluding hydrogens is 258 g/mol. The van der Waals surface area contributed by atoms with Gasteiger partial charge >= 0.3 is 0 Å². The Bertz CT molecular complexity index is 618. The molecule has 1 atom stereocenters. The van der Waals surface area contributed by atoms with E-state index in [4.69, 9.17) is 0 Å². The number of hydrogen-bond donors (Lipinski definition) is 2. The second kappa shape index (κ2) is 5.52. The van der Waals surface area contributed by atoms with Crippen molar-refractivity contribution in [1.29, 1.82) is 0 Å². The van der Waals surface area contributed by atoms with Crippen molar-refractivity contribution in [3.05, 3.63) is 59.4 Å². The van der Waals surface area contributed by atoms with Crippen LogP contribution in [0, 0.1) is 0 Å². The van der Waals surface area contributed by atoms with Crippen molar-refractivity contribution < 1.29 is 5.11 Å². The lowest BCUT2D eigenvalue weighted by atomic mass is 10.1. The molecule has 2 aromatic heterocycles. The fourth-order valence-electron chi connectivity index (χ4n) is 2.06. The molecule has 1 unspecified atom stereocenters. The Kier molecular flexibility index (Phi) is 3.59. The molecule has 2 N–H and O–H groups in total. The average molecular weight is 273 g/mol. The van der Waals surface area contributed by atoms with Crippen LogP contribution in [0.4, 0.5) is 0 Å². The molecule has 1 aromatic carbocycles. The smallest absolute Gasteiger partial charge is 0.193 e. The quantitative estimate of drug-likeness (QED) is 0.749. The number of aliphatic hydroxyl groups excluding tert-OH is 1. The molecule has 0 aliphatic carbocycles. The monoisotopic (exact) mass is 273 g/mol. The van der Waals surface area contributed by atoms with E-state index in [2.05, 4.69) is 10.3 Å². The SMILES string of the molecule is OCC(NCc1cn2ccsc2n1)c1ccccc1. The molecule has 0 amide bonds. The molecule has 0 radical (unpaired) electrons. The van der Waals surface area contributed by atoms with Gasteiger partial charge in [0.25, 0.3) is 0 Å². The number of rotatable bonds is 5. The molecule has 0 aliphatic heterocycles. The number of aromatic nitrogens is 2. The highest BCUT2D eigenvalue weighted by atomic mass is 32.1. The summed E-state index contributed by atoms with van der Waals surface area (Å²) in [6, 6.07) is 9.90. The van der Waals surface area contributed by atoms with Crippen molar-refractivity contribution in [2.75, 3.05) is 6.61 Å². The summed E-state index contributed by atoms with van der Waals surface area (Å²) in [4.78, 5) is 5.51. The van der Waals surface area contributed by atoms with Crippen LogP contribution in [0.15, 0.2) is 48.1 Å². The summed E-state index contributed by atoms with van der Waals surface area (Å²) in [6.07, 6.45) is 4.01. The van der Waals surface area contributed by atoms with Gasteiger partial charge in [0.15, 0.2) is 4.96 Å². The molecule has 0 fully saturated rings. The summed E-state index contributed by atoms with van der Waals surface area (Å²) < 4.78 is 2.01. The summed E-state index contributed by atoms with van der Waals surface area (Å²) in [6.45, 7) is 0.723. The maximum atomic E-state index is 9.47. The van der Waals surface area contributed by atoms with Crippen molar-refractivity contribution in [2.24, 2.45) is 0 Å². The Hall–Kier alpha value is -1.69. The van der Waals surface area contributed by atoms with Gasteiger partial charge in [-0.1, -0.05) is 30.3 Å². The summed E-state index contributed by atoms with van der Waals surface area (Å²) >= 11 is 1.62. The van der Waals surface area contributed by atoms with Gasteiger partial charge < -0.3 is 10.4 Å². The number of aliphatic hydroxyl groups is 1. The predicted molar refractivity (Wildman–Crippen MR) is 76.2 cm³/mol. The fraction of sp³-hybridized carbons (Fsp3) is 0.214. The Morgan fingerprint density at radius 2 is 2.16 bits per heavy atom. The van der Waals surface area contributed by atoms with Crippen LogP contribution in [0.3, 0.4) is 0 Å². The Labute approximate surface area is 115 Å². The minimum atomic E-state index is -0.0547. The van der Waals surface area contributed by atoms with Crippen molar-refractivity contribution in [2.45, 2.75) is 12.6 Å². The topological polar surface area (TPSA) is 49.6 Å². The first-order valence-corrected chi connectivity index (χ1v) is 7.05. The maximum Gasteiger partial charge on any atom is 0.193 e. The highest BCUT2D eigenvalue weighted by molar-refractivity contribution is 7.15. The van der Waals surface area contributed by atoms with Gasteiger partial charge in [0, 0.05) is 24.3 Å². The third-order valence-corrected chi connectivity index (χ3v) is 3.83. The summed E-state index contributed by atoms with van der Waals surface area (Å²) in [5.74, 6) is 0. The summed E-state index contributed by atoms with van der Waals surface area (Å²) in [5.41, 5.74) is 2.08. The molecule has 0 saturated carbocycles. The number of fused-ring (bicyclic) bond motifs is 1. The first-order valence-electron chi connectivity index (χ1n) is 6.17. The van der Waals surface area contributed by atoms with Crippen molar-refractivity contribution in [1.82, 2.24) is 14.7 Å². The lowest BCUT2D eigenvalue weighted by Gasteiger charge is -2.15. The standard InChI is InChI=1S/C14H15N3OS/c18-10-13(11-4-2-1-3-5-11)15-8-12-9-17-6-7-19-14(17)16-12/h1-7,9,13,15,18H,8,10H2. The van der Waals surface area contributed by atoms with Crippen LogP contribution in [-0.4, -0.2) is 21.1 Å². The molecule has 0 saturated heterocycles. The van der Waals surface area contributed by atoms with E-state index in [9.17, 15) is 5.11 Å². The molecular formula is C14H15N3OS. The first kappa shape index (κ1) is 12.3. The number of thiazole rings is 1. The van der Waals surface area contributed by atoms with Gasteiger partial charge in [-0.3, -0.25) is 4.40 Å². The van der Waals surface area contributed by atoms with Gasteiger partial charge in [-0.15, -0.1) is 11.3 Å². The molecule has 5 heteroatoms. The number of nitrogens with one attached hydrogen (secondary N) is 1. The van der Waals surface area contributed by atoms with Crippen molar-refractivity contribution >= 4 is 16.3 Å². The Morgan fingerprint density at radius 1 is 1.32 bits per heavy atom. The van der Waals surface area contributed by atoms with E-state index in [0.717, 1.165) is 16.2 Å². The molecule has 2 heterocycles. The van der Waals surface area contributed by atoms with Crippen LogP contribution in [-0.2, 0) is 6.54 Å². The third kappa shape index (κ3) is 2.68. The second-order valence-electron chi connectivity index (χ2n) is 4.35. The molecule has 98 valence electrons. The van der Waals surface area contributed by atoms with Crippen LogP contribution in [0.1, 0.15) is 17.3 Å². The molecule has 19 heavy (non-hydrogen) atoms. The van der Waals surface area contributed by atoms with E-state index >= 15 is 0 Å². The molecule has 0 bridgehead atoms. The lowest BCUT2D eigenvalue weighted by molar-refractivity contribution is 0.243. The molecule has 3 rings (SSSR count). The zero-order valence-corrected chi connectivity index (χ0v) is 11.2. The third-order valence-electron chi connectivity index (χ3n) is 3.06. The minimum absolute atomic E-state index is 0.0547. The highest BCUT2D eigenvalue weighted by Gasteiger charge is 2.10. The average Bonchev–Trinajstić information content (AvgIpc) is 3.01. The predicted octanol–water partition coefficient (Wildman–Crippen LogP) is 2.22. The van der Waals surface area contributed by atoms with Gasteiger partial charge in [0.2, 0.25) is 0 Å². The molecule has 4 nitrogen and oxygen atoms in total. The number of imidazole rings is 1. The summed E-state index contributed by atoms with van der Waals surface area (Å²) in [7, 11) is 0. The van der Waals surface area contributed by atoms with E-state index in [1.807, 2.05) is 52.5 Å². The minimum Gasteiger partial charge on any atom is -0.394 e. The first-order chi connectivity index (χ1) is 9.36. The molecule has 0 spiro atoms. The lowest BCUT2D eigenvalue weighted by Crippen LogP contribution is -2.24. The van der Waals surface area contributed by atoms with Gasteiger partial charge in [-0.2, -0.15) is 0 Å². The van der Waals surface area contributed by atoms with Gasteiger partial charge in [0.05, 0.1) is 18.3 Å². The van der Waals surface area contributed by atoms with Crippen LogP contribution >= 0.6 is 11.3 Å². The zero-order valence-electron chi connectivity index (χ0n) is 10.4. The largest absolute Gasteiger partial charge is 0.394 e. The Morgan fingerprint density at radius 3 is 2.89 bits per heavy atom. The second-order valence-corrected chi connectivity index (χ2v) is 5.22. The van der Waals surface area contributed by atoms with E-state index in [-0.39, 0.29) is 12.6 Å². The summed E-state index contributed by atoms with van der Waals surface area (Å²) in [5, 5.41) is 14.8. The Balaban J connectivity index is 1.69. The van der Waals surface area contributed by atoms with Crippen molar-refractivity contribution in [3.63, 3.8) is 0 Å². The van der Waals surface area contributed by atoms with Gasteiger partial charge in [0.1, 0.15) is 0 Å². The molecule has 3 aromatic rings. The van der Waals surface area contributed by atoms with Crippen LogP contribution in [0.25, 0.3) is 4.96 Å². The fourth-order valence-corrected chi connectivity index (χ4v) is 2.78. The van der Waals surface area contributed by atoms with E-state index in [1.54, 1.807) is 11.3 Å². The van der Waals surface area contributed by atoms with Crippen LogP contribution in [0.5, 0.6) is 0 Å². The van der Waals surface area contributed by atoms with E-state index in [0.29, 0.717) is 6.54 Å².